The number of carbonyl (C=O) groups excluding carboxylic acids is 1. The van der Waals surface area contributed by atoms with Gasteiger partial charge in [-0.15, -0.1) is 0 Å². The number of carbonyl (C=O) groups is 1. The van der Waals surface area contributed by atoms with E-state index in [4.69, 9.17) is 11.5 Å². The Hall–Kier alpha value is -0.650. The van der Waals surface area contributed by atoms with Crippen molar-refractivity contribution in [1.29, 1.82) is 0 Å². The van der Waals surface area contributed by atoms with E-state index in [0.717, 1.165) is 26.1 Å². The number of hydrogen-bond acceptors (Lipinski definition) is 4. The molecule has 0 bridgehead atoms. The molecule has 112 valence electrons. The number of amides is 1. The summed E-state index contributed by atoms with van der Waals surface area (Å²) in [5, 5.41) is 0. The molecule has 0 aromatic heterocycles. The lowest BCUT2D eigenvalue weighted by atomic mass is 9.98. The summed E-state index contributed by atoms with van der Waals surface area (Å²) in [5.74, 6) is 0.260. The molecule has 0 heterocycles. The van der Waals surface area contributed by atoms with E-state index >= 15 is 0 Å². The zero-order valence-electron chi connectivity index (χ0n) is 12.9. The Morgan fingerprint density at radius 1 is 1.37 bits per heavy atom. The van der Waals surface area contributed by atoms with Crippen LogP contribution in [0, 0.1) is 5.92 Å². The molecule has 0 aliphatic heterocycles. The van der Waals surface area contributed by atoms with Gasteiger partial charge < -0.3 is 16.4 Å². The van der Waals surface area contributed by atoms with Gasteiger partial charge in [-0.05, 0) is 39.3 Å². The van der Waals surface area contributed by atoms with Crippen molar-refractivity contribution in [2.45, 2.75) is 44.7 Å². The minimum absolute atomic E-state index is 0.355. The van der Waals surface area contributed by atoms with Gasteiger partial charge in [0.25, 0.3) is 0 Å². The second-order valence-electron chi connectivity index (χ2n) is 6.61. The summed E-state index contributed by atoms with van der Waals surface area (Å²) >= 11 is 0. The summed E-state index contributed by atoms with van der Waals surface area (Å²) in [6.45, 7) is 7.54. The first kappa shape index (κ1) is 16.4. The van der Waals surface area contributed by atoms with Gasteiger partial charge in [0.15, 0.2) is 0 Å². The highest BCUT2D eigenvalue weighted by Gasteiger charge is 2.42. The van der Waals surface area contributed by atoms with Crippen LogP contribution in [0.25, 0.3) is 0 Å². The third kappa shape index (κ3) is 4.75. The normalized spacial score (nSPS) is 27.7. The van der Waals surface area contributed by atoms with Crippen LogP contribution in [0.1, 0.15) is 33.1 Å². The lowest BCUT2D eigenvalue weighted by Gasteiger charge is -2.32. The van der Waals surface area contributed by atoms with Gasteiger partial charge in [-0.1, -0.05) is 13.8 Å². The van der Waals surface area contributed by atoms with Crippen LogP contribution in [0.3, 0.4) is 0 Å². The van der Waals surface area contributed by atoms with Crippen LogP contribution < -0.4 is 11.5 Å². The van der Waals surface area contributed by atoms with Crippen LogP contribution in [0.2, 0.25) is 0 Å². The Balaban J connectivity index is 2.63. The van der Waals surface area contributed by atoms with Gasteiger partial charge in [0.05, 0.1) is 5.54 Å². The lowest BCUT2D eigenvalue weighted by molar-refractivity contribution is -0.123. The molecule has 1 aliphatic carbocycles. The van der Waals surface area contributed by atoms with Gasteiger partial charge in [0.2, 0.25) is 5.91 Å². The number of nitrogens with zero attached hydrogens (tertiary/aromatic N) is 2. The quantitative estimate of drug-likeness (QED) is 0.695. The molecule has 5 nitrogen and oxygen atoms in total. The zero-order valence-corrected chi connectivity index (χ0v) is 12.9. The molecule has 0 radical (unpaired) electrons. The summed E-state index contributed by atoms with van der Waals surface area (Å²) in [6.07, 6.45) is 2.38. The van der Waals surface area contributed by atoms with Gasteiger partial charge in [-0.25, -0.2) is 0 Å². The first-order valence-electron chi connectivity index (χ1n) is 7.22. The van der Waals surface area contributed by atoms with Crippen LogP contribution >= 0.6 is 0 Å². The number of likely N-dealkylation sites (N-methyl/N-ethyl adjacent to an activating group) is 1. The van der Waals surface area contributed by atoms with Crippen LogP contribution in [-0.2, 0) is 4.79 Å². The molecule has 5 heteroatoms. The van der Waals surface area contributed by atoms with Crippen LogP contribution in [0.4, 0.5) is 0 Å². The Morgan fingerprint density at radius 2 is 2.00 bits per heavy atom. The standard InChI is InChI=1S/C14H30N4O/c1-11(2)10-18(8-7-17(3)4)12-5-6-14(16,9-12)13(15)19/h11-12H,5-10,16H2,1-4H3,(H2,15,19). The predicted molar refractivity (Wildman–Crippen MR) is 78.7 cm³/mol. The van der Waals surface area contributed by atoms with Crippen molar-refractivity contribution in [3.63, 3.8) is 0 Å². The fraction of sp³-hybridized carbons (Fsp3) is 0.929. The molecule has 1 aliphatic rings. The van der Waals surface area contributed by atoms with Crippen molar-refractivity contribution in [3.8, 4) is 0 Å². The second kappa shape index (κ2) is 6.68. The van der Waals surface area contributed by atoms with E-state index in [1.807, 2.05) is 0 Å². The van der Waals surface area contributed by atoms with E-state index < -0.39 is 5.54 Å². The van der Waals surface area contributed by atoms with E-state index in [1.165, 1.54) is 0 Å². The Morgan fingerprint density at radius 3 is 2.42 bits per heavy atom. The Bertz CT molecular complexity index is 306. The highest BCUT2D eigenvalue weighted by molar-refractivity contribution is 5.84. The number of rotatable bonds is 7. The number of primary amides is 1. The monoisotopic (exact) mass is 270 g/mol. The Kier molecular flexibility index (Phi) is 5.77. The molecule has 0 aromatic rings. The van der Waals surface area contributed by atoms with Gasteiger partial charge in [-0.3, -0.25) is 9.69 Å². The molecular formula is C14H30N4O. The maximum atomic E-state index is 11.5. The predicted octanol–water partition coefficient (Wildman–Crippen LogP) is 0.241. The van der Waals surface area contributed by atoms with Crippen molar-refractivity contribution in [2.75, 3.05) is 33.7 Å². The summed E-state index contributed by atoms with van der Waals surface area (Å²) in [7, 11) is 4.16. The van der Waals surface area contributed by atoms with Crippen LogP contribution in [0.15, 0.2) is 0 Å². The third-order valence-corrected chi connectivity index (χ3v) is 3.96. The molecule has 1 fully saturated rings. The summed E-state index contributed by atoms with van der Waals surface area (Å²) < 4.78 is 0. The first-order valence-corrected chi connectivity index (χ1v) is 7.22. The van der Waals surface area contributed by atoms with Crippen molar-refractivity contribution in [1.82, 2.24) is 9.80 Å². The number of nitrogens with two attached hydrogens (primary N) is 2. The van der Waals surface area contributed by atoms with E-state index in [0.29, 0.717) is 24.8 Å². The van der Waals surface area contributed by atoms with Crippen LogP contribution in [-0.4, -0.2) is 61.0 Å². The first-order chi connectivity index (χ1) is 8.74. The van der Waals surface area contributed by atoms with Gasteiger partial charge >= 0.3 is 0 Å². The largest absolute Gasteiger partial charge is 0.368 e. The molecule has 2 atom stereocenters. The van der Waals surface area contributed by atoms with Gasteiger partial charge in [0, 0.05) is 25.7 Å². The molecule has 0 aromatic carbocycles. The highest BCUT2D eigenvalue weighted by atomic mass is 16.1. The van der Waals surface area contributed by atoms with Crippen molar-refractivity contribution in [2.24, 2.45) is 17.4 Å². The van der Waals surface area contributed by atoms with Crippen molar-refractivity contribution < 1.29 is 4.79 Å². The molecule has 0 saturated heterocycles. The average Bonchev–Trinajstić information content (AvgIpc) is 2.68. The third-order valence-electron chi connectivity index (χ3n) is 3.96. The maximum Gasteiger partial charge on any atom is 0.237 e. The minimum Gasteiger partial charge on any atom is -0.368 e. The van der Waals surface area contributed by atoms with Crippen LogP contribution in [0.5, 0.6) is 0 Å². The molecule has 2 unspecified atom stereocenters. The fourth-order valence-corrected chi connectivity index (χ4v) is 2.80. The number of hydrogen-bond donors (Lipinski definition) is 2. The van der Waals surface area contributed by atoms with Crippen molar-refractivity contribution >= 4 is 5.91 Å². The molecule has 1 amide bonds. The summed E-state index contributed by atoms with van der Waals surface area (Å²) in [4.78, 5) is 16.1. The molecule has 19 heavy (non-hydrogen) atoms. The topological polar surface area (TPSA) is 75.6 Å². The molecule has 1 saturated carbocycles. The second-order valence-corrected chi connectivity index (χ2v) is 6.61. The highest BCUT2D eigenvalue weighted by Crippen LogP contribution is 2.31. The molecule has 0 spiro atoms. The van der Waals surface area contributed by atoms with E-state index in [2.05, 4.69) is 37.7 Å². The van der Waals surface area contributed by atoms with E-state index in [9.17, 15) is 4.79 Å². The smallest absolute Gasteiger partial charge is 0.237 e. The van der Waals surface area contributed by atoms with Crippen molar-refractivity contribution in [3.05, 3.63) is 0 Å². The SMILES string of the molecule is CC(C)CN(CCN(C)C)C1CCC(N)(C(N)=O)C1. The molecular weight excluding hydrogens is 240 g/mol. The fourth-order valence-electron chi connectivity index (χ4n) is 2.80. The molecule has 1 rings (SSSR count). The van der Waals surface area contributed by atoms with Gasteiger partial charge in [-0.2, -0.15) is 0 Å². The average molecular weight is 270 g/mol. The maximum absolute atomic E-state index is 11.5. The summed E-state index contributed by atoms with van der Waals surface area (Å²) in [6, 6.07) is 0.389. The Labute approximate surface area is 117 Å². The lowest BCUT2D eigenvalue weighted by Crippen LogP contribution is -2.51. The molecule has 4 N–H and O–H groups in total. The minimum atomic E-state index is -0.794. The zero-order chi connectivity index (χ0) is 14.6. The van der Waals surface area contributed by atoms with E-state index in [1.54, 1.807) is 0 Å². The van der Waals surface area contributed by atoms with Gasteiger partial charge in [0.1, 0.15) is 0 Å². The van der Waals surface area contributed by atoms with E-state index in [-0.39, 0.29) is 5.91 Å². The summed E-state index contributed by atoms with van der Waals surface area (Å²) in [5.41, 5.74) is 10.7.